The number of nitrogens with one attached hydrogen (secondary N) is 1. The Labute approximate surface area is 411 Å². The number of ether oxygens (including phenoxy) is 9. The quantitative estimate of drug-likeness (QED) is 0.0588. The molecule has 0 saturated carbocycles. The Kier molecular flexibility index (Phi) is 17.8. The molecule has 6 aromatic rings. The summed E-state index contributed by atoms with van der Waals surface area (Å²) in [5.41, 5.74) is 3.01. The summed E-state index contributed by atoms with van der Waals surface area (Å²) in [7, 11) is 0. The summed E-state index contributed by atoms with van der Waals surface area (Å²) >= 11 is 0. The Hall–Kier alpha value is -7.08. The minimum Gasteiger partial charge on any atom is -0.459 e. The molecule has 6 aromatic carbocycles. The average molecular weight is 966 g/mol. The second kappa shape index (κ2) is 25.2. The number of carbonyl (C=O) groups is 4. The van der Waals surface area contributed by atoms with Crippen LogP contribution in [0.25, 0.3) is 0 Å². The van der Waals surface area contributed by atoms with Gasteiger partial charge in [-0.15, -0.1) is 0 Å². The lowest BCUT2D eigenvalue weighted by Crippen LogP contribution is -2.69. The van der Waals surface area contributed by atoms with E-state index < -0.39 is 91.8 Å². The Balaban J connectivity index is 1.20. The molecule has 71 heavy (non-hydrogen) atoms. The topological polar surface area (TPSA) is 184 Å². The number of aliphatic hydroxyl groups is 1. The lowest BCUT2D eigenvalue weighted by atomic mass is 9.94. The molecule has 2 aliphatic heterocycles. The standard InChI is InChI=1S/C56H55NO14/c1-37(58)57-46-49(70-54(61)43-30-18-7-19-31-43)47(69-53(60)42-28-16-6-17-29-42)45(36-66-52(59)41-26-14-5-15-27-41)68-56(46)71-48-44(35-63-32-38-20-8-2-9-21-38)67-55(62)51(65-34-40-24-12-4-13-25-40)50(48)64-33-39-22-10-3-11-23-39/h2-31,44-51,55-56,62H,32-36H2,1H3,(H,57,58)/t44-,45-,46+,47-,48-,49-,50+,51-,55-,56-/m1/s1. The van der Waals surface area contributed by atoms with Crippen LogP contribution in [0, 0.1) is 0 Å². The third kappa shape index (κ3) is 13.8. The third-order valence-corrected chi connectivity index (χ3v) is 11.8. The number of amides is 1. The van der Waals surface area contributed by atoms with Crippen molar-refractivity contribution >= 4 is 23.8 Å². The maximum Gasteiger partial charge on any atom is 0.338 e. The van der Waals surface area contributed by atoms with Crippen LogP contribution in [0.1, 0.15) is 54.7 Å². The molecule has 0 radical (unpaired) electrons. The summed E-state index contributed by atoms with van der Waals surface area (Å²) in [6.07, 6.45) is -12.3. The van der Waals surface area contributed by atoms with Gasteiger partial charge in [0.2, 0.25) is 5.91 Å². The molecule has 2 fully saturated rings. The predicted octanol–water partition coefficient (Wildman–Crippen LogP) is 7.01. The van der Waals surface area contributed by atoms with E-state index in [0.29, 0.717) is 0 Å². The molecule has 2 saturated heterocycles. The van der Waals surface area contributed by atoms with Gasteiger partial charge in [0.1, 0.15) is 43.2 Å². The number of benzene rings is 6. The van der Waals surface area contributed by atoms with Crippen molar-refractivity contribution in [3.05, 3.63) is 215 Å². The molecule has 15 nitrogen and oxygen atoms in total. The minimum absolute atomic E-state index is 0.0361. The second-order valence-corrected chi connectivity index (χ2v) is 16.9. The van der Waals surface area contributed by atoms with Gasteiger partial charge in [0, 0.05) is 6.92 Å². The van der Waals surface area contributed by atoms with Crippen molar-refractivity contribution < 1.29 is 66.9 Å². The molecule has 368 valence electrons. The monoisotopic (exact) mass is 965 g/mol. The van der Waals surface area contributed by atoms with Gasteiger partial charge in [-0.2, -0.15) is 0 Å². The molecule has 0 aliphatic carbocycles. The summed E-state index contributed by atoms with van der Waals surface area (Å²) in [4.78, 5) is 55.1. The highest BCUT2D eigenvalue weighted by Gasteiger charge is 2.56. The van der Waals surface area contributed by atoms with E-state index >= 15 is 0 Å². The van der Waals surface area contributed by atoms with E-state index in [1.54, 1.807) is 91.0 Å². The van der Waals surface area contributed by atoms with E-state index in [1.165, 1.54) is 6.92 Å². The number of hydrogen-bond acceptors (Lipinski definition) is 14. The van der Waals surface area contributed by atoms with E-state index in [-0.39, 0.29) is 43.1 Å². The summed E-state index contributed by atoms with van der Waals surface area (Å²) in [6, 6.07) is 51.3. The number of hydrogen-bond donors (Lipinski definition) is 2. The summed E-state index contributed by atoms with van der Waals surface area (Å²) in [5.74, 6) is -2.96. The smallest absolute Gasteiger partial charge is 0.338 e. The van der Waals surface area contributed by atoms with Crippen molar-refractivity contribution in [2.75, 3.05) is 13.2 Å². The predicted molar refractivity (Wildman–Crippen MR) is 256 cm³/mol. The first-order valence-corrected chi connectivity index (χ1v) is 23.3. The average Bonchev–Trinajstić information content (AvgIpc) is 3.40. The van der Waals surface area contributed by atoms with E-state index in [1.807, 2.05) is 91.0 Å². The Bertz CT molecular complexity index is 2590. The fourth-order valence-electron chi connectivity index (χ4n) is 8.29. The van der Waals surface area contributed by atoms with Gasteiger partial charge in [-0.05, 0) is 53.1 Å². The first-order chi connectivity index (χ1) is 34.7. The number of carbonyl (C=O) groups excluding carboxylic acids is 4. The fraction of sp³-hybridized carbons (Fsp3) is 0.286. The zero-order valence-electron chi connectivity index (χ0n) is 38.9. The van der Waals surface area contributed by atoms with E-state index in [9.17, 15) is 24.3 Å². The van der Waals surface area contributed by atoms with Crippen LogP contribution in [-0.4, -0.2) is 103 Å². The van der Waals surface area contributed by atoms with Crippen molar-refractivity contribution in [1.82, 2.24) is 5.32 Å². The van der Waals surface area contributed by atoms with Crippen LogP contribution in [0.15, 0.2) is 182 Å². The first kappa shape index (κ1) is 50.3. The largest absolute Gasteiger partial charge is 0.459 e. The van der Waals surface area contributed by atoms with Crippen molar-refractivity contribution in [1.29, 1.82) is 0 Å². The molecule has 2 heterocycles. The first-order valence-electron chi connectivity index (χ1n) is 23.3. The number of rotatable bonds is 20. The highest BCUT2D eigenvalue weighted by atomic mass is 16.7. The number of esters is 3. The normalized spacial score (nSPS) is 24.0. The molecule has 0 bridgehead atoms. The Morgan fingerprint density at radius 1 is 0.479 bits per heavy atom. The highest BCUT2D eigenvalue weighted by molar-refractivity contribution is 5.91. The van der Waals surface area contributed by atoms with Crippen molar-refractivity contribution in [2.24, 2.45) is 0 Å². The minimum atomic E-state index is -1.60. The molecule has 1 amide bonds. The molecule has 2 aliphatic rings. The molecule has 0 spiro atoms. The molecule has 15 heteroatoms. The molecular weight excluding hydrogens is 911 g/mol. The second-order valence-electron chi connectivity index (χ2n) is 16.9. The van der Waals surface area contributed by atoms with Crippen LogP contribution in [-0.2, 0) is 67.2 Å². The van der Waals surface area contributed by atoms with Crippen LogP contribution in [0.5, 0.6) is 0 Å². The van der Waals surface area contributed by atoms with Crippen LogP contribution >= 0.6 is 0 Å². The van der Waals surface area contributed by atoms with Crippen molar-refractivity contribution in [3.63, 3.8) is 0 Å². The maximum absolute atomic E-state index is 14.2. The zero-order chi connectivity index (χ0) is 49.4. The van der Waals surface area contributed by atoms with Gasteiger partial charge in [-0.1, -0.05) is 146 Å². The highest BCUT2D eigenvalue weighted by Crippen LogP contribution is 2.35. The molecule has 2 N–H and O–H groups in total. The van der Waals surface area contributed by atoms with Crippen molar-refractivity contribution in [2.45, 2.75) is 88.1 Å². The van der Waals surface area contributed by atoms with Crippen LogP contribution in [0.4, 0.5) is 0 Å². The third-order valence-electron chi connectivity index (χ3n) is 11.8. The molecule has 0 aromatic heterocycles. The summed E-state index contributed by atoms with van der Waals surface area (Å²) in [6.45, 7) is 0.815. The number of aliphatic hydroxyl groups excluding tert-OH is 1. The maximum atomic E-state index is 14.2. The lowest BCUT2D eigenvalue weighted by molar-refractivity contribution is -0.352. The molecular formula is C56H55NO14. The van der Waals surface area contributed by atoms with Gasteiger partial charge in [-0.25, -0.2) is 14.4 Å². The van der Waals surface area contributed by atoms with Gasteiger partial charge in [0.15, 0.2) is 24.8 Å². The summed E-state index contributed by atoms with van der Waals surface area (Å²) < 4.78 is 57.9. The van der Waals surface area contributed by atoms with Gasteiger partial charge in [-0.3, -0.25) is 4.79 Å². The van der Waals surface area contributed by atoms with Crippen LogP contribution in [0.2, 0.25) is 0 Å². The van der Waals surface area contributed by atoms with Crippen LogP contribution in [0.3, 0.4) is 0 Å². The van der Waals surface area contributed by atoms with Crippen molar-refractivity contribution in [3.8, 4) is 0 Å². The van der Waals surface area contributed by atoms with Gasteiger partial charge in [0.05, 0.1) is 43.1 Å². The Morgan fingerprint density at radius 3 is 1.39 bits per heavy atom. The van der Waals surface area contributed by atoms with E-state index in [2.05, 4.69) is 5.32 Å². The Morgan fingerprint density at radius 2 is 0.901 bits per heavy atom. The van der Waals surface area contributed by atoms with Gasteiger partial charge < -0.3 is 53.1 Å². The molecule has 8 rings (SSSR count). The fourth-order valence-corrected chi connectivity index (χ4v) is 8.29. The van der Waals surface area contributed by atoms with E-state index in [0.717, 1.165) is 16.7 Å². The zero-order valence-corrected chi connectivity index (χ0v) is 38.9. The van der Waals surface area contributed by atoms with Gasteiger partial charge in [0.25, 0.3) is 0 Å². The van der Waals surface area contributed by atoms with Crippen LogP contribution < -0.4 is 5.32 Å². The molecule has 10 atom stereocenters. The molecule has 0 unspecified atom stereocenters. The lowest BCUT2D eigenvalue weighted by Gasteiger charge is -2.49. The SMILES string of the molecule is CC(=O)N[C@@H]1[C@@H](O[C@H]2[C@H](OCc3ccccc3)[C@@H](OCc3ccccc3)[C@H](O)O[C@@H]2COCc2ccccc2)O[C@H](COC(=O)c2ccccc2)[C@@H](OC(=O)c2ccccc2)[C@@H]1OC(=O)c1ccccc1. The van der Waals surface area contributed by atoms with E-state index in [4.69, 9.17) is 42.6 Å². The summed E-state index contributed by atoms with van der Waals surface area (Å²) in [5, 5.41) is 14.7. The van der Waals surface area contributed by atoms with Gasteiger partial charge >= 0.3 is 17.9 Å².